The number of rotatable bonds is 10. The number of nitrogens with zero attached hydrogens (tertiary/aromatic N) is 9. The van der Waals surface area contributed by atoms with Crippen LogP contribution in [0.15, 0.2) is 42.5 Å². The maximum absolute atomic E-state index is 15.4. The first-order valence-corrected chi connectivity index (χ1v) is 36.4. The minimum atomic E-state index is -5.14. The quantitative estimate of drug-likeness (QED) is 0.236. The number of aryl methyl sites for hydroxylation is 1. The van der Waals surface area contributed by atoms with Crippen molar-refractivity contribution in [1.29, 1.82) is 0 Å². The first-order valence-electron chi connectivity index (χ1n) is 36.1. The summed E-state index contributed by atoms with van der Waals surface area (Å²) in [4.78, 5) is 184. The van der Waals surface area contributed by atoms with Crippen molar-refractivity contribution in [1.82, 2.24) is 60.0 Å². The van der Waals surface area contributed by atoms with Crippen molar-refractivity contribution < 1.29 is 102 Å². The van der Waals surface area contributed by atoms with E-state index in [9.17, 15) is 87.5 Å². The lowest BCUT2D eigenvalue weighted by molar-refractivity contribution is -0.164. The number of ether oxygens (including phenoxy) is 1. The zero-order chi connectivity index (χ0) is 79.3. The summed E-state index contributed by atoms with van der Waals surface area (Å²) < 4.78 is 133. The predicted octanol–water partition coefficient (Wildman–Crippen LogP) is 5.86. The molecule has 25 nitrogen and oxygen atoms in total. The number of likely N-dealkylation sites (N-methyl/N-ethyl adjacent to an activating group) is 7. The molecule has 35 heteroatoms. The number of carbonyl (C=O) groups excluding carboxylic acids is 12. The molecular formula is C72H98ClF9N12O13. The third kappa shape index (κ3) is 22.4. The van der Waals surface area contributed by atoms with E-state index in [1.807, 2.05) is 0 Å². The van der Waals surface area contributed by atoms with Crippen molar-refractivity contribution in [3.05, 3.63) is 69.7 Å². The molecule has 4 aliphatic heterocycles. The van der Waals surface area contributed by atoms with Crippen LogP contribution >= 0.6 is 11.6 Å². The lowest BCUT2D eigenvalue weighted by Gasteiger charge is -2.42. The molecule has 4 heterocycles. The summed E-state index contributed by atoms with van der Waals surface area (Å²) in [6.07, 6.45) is -13.7. The number of carbonyl (C=O) groups is 12. The van der Waals surface area contributed by atoms with Crippen LogP contribution < -0.4 is 16.0 Å². The smallest absolute Gasteiger partial charge is 0.377 e. The molecule has 0 spiro atoms. The second kappa shape index (κ2) is 37.2. The van der Waals surface area contributed by atoms with Crippen molar-refractivity contribution >= 4 is 82.5 Å². The summed E-state index contributed by atoms with van der Waals surface area (Å²) >= 11 is 6.06. The van der Waals surface area contributed by atoms with Gasteiger partial charge in [0.1, 0.15) is 42.3 Å². The summed E-state index contributed by atoms with van der Waals surface area (Å²) in [6.45, 7) is 0.765. The summed E-state index contributed by atoms with van der Waals surface area (Å²) in [7, 11) is 8.17. The normalized spacial score (nSPS) is 26.2. The molecule has 0 radical (unpaired) electrons. The summed E-state index contributed by atoms with van der Waals surface area (Å²) in [5, 5.41) is 7.12. The minimum absolute atomic E-state index is 0.00241. The molecular weight excluding hydrogens is 1450 g/mol. The molecule has 3 N–H and O–H groups in total. The largest absolute Gasteiger partial charge is 0.417 e. The standard InChI is InChI=1S/C72H98ClF9N12O13/c1-10-42(2)61-68(105)88(5)38-59(98)86(3)39-60(99)89(6)53(34-44-21-25-46(26-22-44)71(77,78)79)66(103)87(4)37-56(95)84-51(30-24-43-23-29-49(50(73)33-43)72(80,81)82)65(102)93-32-16-19-52(93)63(100)83-31-15-14-20-57(96)92(9)62(45-17-12-11-13-18-45)69(106)91(8)54(67(104)94-47-27-28-48(94)41-107-40-47)35-58(97)90(7)55(64(101)85-61)36-70(74,75)76/h21-23,25-26,29,33,42,45,47-48,51-55,61-62H,10-20,24,27-28,30-32,34-41H2,1-9H3,(H,83,100)(H,84,95)(H,85,101)/t42?,47?,48?,51-,52-,53-,54-,55-,61-,62-/m0/s1. The van der Waals surface area contributed by atoms with Gasteiger partial charge in [0.15, 0.2) is 0 Å². The first-order chi connectivity index (χ1) is 50.1. The second-order valence-corrected chi connectivity index (χ2v) is 29.3. The molecule has 10 atom stereocenters. The molecule has 12 amide bonds. The van der Waals surface area contributed by atoms with Crippen LogP contribution in [0, 0.1) is 11.8 Å². The molecule has 107 heavy (non-hydrogen) atoms. The van der Waals surface area contributed by atoms with E-state index in [1.54, 1.807) is 6.92 Å². The monoisotopic (exact) mass is 1540 g/mol. The highest BCUT2D eigenvalue weighted by atomic mass is 35.5. The topological polar surface area (TPSA) is 279 Å². The SMILES string of the molecule is CCC(C)[C@@H]1NC(=O)[C@H](CC(F)(F)F)N(C)C(=O)C[C@@H](C(=O)N2C3CCC2COC3)N(C)C(=O)[C@H](C2CCCCC2)N(C)C(=O)CCCCNC(=O)[C@@H]2CCCN2C(=O)[C@H](CCc2ccc(C(F)(F)F)c(Cl)c2)NC(=O)CN(C)C(=O)[C@H](Cc2ccc(C(F)(F)F)cc2)N(C)C(=O)CN(C)C(=O)CN(C)C1=O. The zero-order valence-electron chi connectivity index (χ0n) is 61.7. The van der Waals surface area contributed by atoms with E-state index >= 15 is 9.59 Å². The Morgan fingerprint density at radius 3 is 1.80 bits per heavy atom. The average Bonchev–Trinajstić information content (AvgIpc) is 1.71. The molecule has 7 rings (SSSR count). The Morgan fingerprint density at radius 1 is 0.598 bits per heavy atom. The van der Waals surface area contributed by atoms with Gasteiger partial charge in [0.2, 0.25) is 70.9 Å². The molecule has 0 aromatic heterocycles. The van der Waals surface area contributed by atoms with Crippen LogP contribution in [0.3, 0.4) is 0 Å². The molecule has 2 aromatic carbocycles. The number of halogens is 10. The number of hydrogen-bond donors (Lipinski definition) is 3. The highest BCUT2D eigenvalue weighted by Crippen LogP contribution is 2.38. The van der Waals surface area contributed by atoms with Gasteiger partial charge >= 0.3 is 18.5 Å². The number of alkyl halides is 9. The highest BCUT2D eigenvalue weighted by Gasteiger charge is 2.49. The maximum atomic E-state index is 15.4. The van der Waals surface area contributed by atoms with Gasteiger partial charge in [-0.2, -0.15) is 39.5 Å². The van der Waals surface area contributed by atoms with Crippen LogP contribution in [-0.2, 0) is 87.5 Å². The van der Waals surface area contributed by atoms with Gasteiger partial charge in [-0.05, 0) is 111 Å². The summed E-state index contributed by atoms with van der Waals surface area (Å²) in [5.74, 6) is -12.2. The number of amides is 12. The maximum Gasteiger partial charge on any atom is 0.417 e. The molecule has 1 saturated carbocycles. The van der Waals surface area contributed by atoms with Crippen molar-refractivity contribution in [3.63, 3.8) is 0 Å². The molecule has 594 valence electrons. The van der Waals surface area contributed by atoms with Crippen LogP contribution in [0.5, 0.6) is 0 Å². The van der Waals surface area contributed by atoms with E-state index in [1.165, 1.54) is 35.7 Å². The van der Waals surface area contributed by atoms with Crippen LogP contribution in [0.4, 0.5) is 39.5 Å². The van der Waals surface area contributed by atoms with Crippen molar-refractivity contribution in [2.45, 2.75) is 202 Å². The van der Waals surface area contributed by atoms with E-state index in [2.05, 4.69) is 16.0 Å². The number of morpholine rings is 1. The molecule has 5 aliphatic rings. The van der Waals surface area contributed by atoms with E-state index < -0.39 is 211 Å². The Hall–Kier alpha value is -8.30. The van der Waals surface area contributed by atoms with Gasteiger partial charge in [0.25, 0.3) is 0 Å². The fourth-order valence-electron chi connectivity index (χ4n) is 14.6. The highest BCUT2D eigenvalue weighted by molar-refractivity contribution is 6.31. The second-order valence-electron chi connectivity index (χ2n) is 28.9. The Bertz CT molecular complexity index is 3530. The van der Waals surface area contributed by atoms with Gasteiger partial charge in [0, 0.05) is 75.3 Å². The number of benzene rings is 2. The van der Waals surface area contributed by atoms with Crippen LogP contribution in [-0.4, -0.2) is 271 Å². The van der Waals surface area contributed by atoms with Gasteiger partial charge in [0.05, 0.1) is 73.9 Å². The summed E-state index contributed by atoms with van der Waals surface area (Å²) in [6, 6.07) is -5.74. The van der Waals surface area contributed by atoms with Gasteiger partial charge in [-0.1, -0.05) is 69.3 Å². The predicted molar refractivity (Wildman–Crippen MR) is 370 cm³/mol. The Kier molecular flexibility index (Phi) is 29.9. The number of hydrogen-bond acceptors (Lipinski definition) is 13. The molecule has 2 aromatic rings. The lowest BCUT2D eigenvalue weighted by Crippen LogP contribution is -2.61. The summed E-state index contributed by atoms with van der Waals surface area (Å²) in [5.41, 5.74) is -1.88. The lowest BCUT2D eigenvalue weighted by atomic mass is 9.82. The Balaban J connectivity index is 1.23. The Morgan fingerprint density at radius 2 is 1.21 bits per heavy atom. The fraction of sp³-hybridized carbons (Fsp3) is 0.667. The van der Waals surface area contributed by atoms with E-state index in [0.29, 0.717) is 49.8 Å². The first kappa shape index (κ1) is 85.9. The van der Waals surface area contributed by atoms with Crippen molar-refractivity contribution in [3.8, 4) is 0 Å². The van der Waals surface area contributed by atoms with E-state index in [4.69, 9.17) is 16.3 Å². The molecule has 5 fully saturated rings. The van der Waals surface area contributed by atoms with Crippen molar-refractivity contribution in [2.24, 2.45) is 11.8 Å². The molecule has 1 aliphatic carbocycles. The molecule has 3 unspecified atom stereocenters. The van der Waals surface area contributed by atoms with E-state index in [-0.39, 0.29) is 82.4 Å². The molecule has 4 saturated heterocycles. The van der Waals surface area contributed by atoms with E-state index in [0.717, 1.165) is 109 Å². The van der Waals surface area contributed by atoms with Crippen molar-refractivity contribution in [2.75, 3.05) is 95.3 Å². The minimum Gasteiger partial charge on any atom is -0.377 e. The van der Waals surface area contributed by atoms with Gasteiger partial charge in [-0.3, -0.25) is 57.5 Å². The van der Waals surface area contributed by atoms with Crippen LogP contribution in [0.25, 0.3) is 0 Å². The van der Waals surface area contributed by atoms with Gasteiger partial charge < -0.3 is 64.8 Å². The number of nitrogens with one attached hydrogen (secondary N) is 3. The third-order valence-corrected chi connectivity index (χ3v) is 21.6. The van der Waals surface area contributed by atoms with Crippen LogP contribution in [0.2, 0.25) is 5.02 Å². The molecule has 2 bridgehead atoms. The Labute approximate surface area is 621 Å². The van der Waals surface area contributed by atoms with Gasteiger partial charge in [-0.25, -0.2) is 0 Å². The van der Waals surface area contributed by atoms with Crippen LogP contribution in [0.1, 0.15) is 139 Å². The average molecular weight is 1550 g/mol. The number of fused-ring (bicyclic) bond motifs is 3. The zero-order valence-corrected chi connectivity index (χ0v) is 62.4. The third-order valence-electron chi connectivity index (χ3n) is 21.3. The fourth-order valence-corrected chi connectivity index (χ4v) is 14.9. The van der Waals surface area contributed by atoms with Gasteiger partial charge in [-0.15, -0.1) is 0 Å².